The van der Waals surface area contributed by atoms with Gasteiger partial charge in [-0.1, -0.05) is 24.3 Å². The lowest BCUT2D eigenvalue weighted by Crippen LogP contribution is -2.50. The van der Waals surface area contributed by atoms with Gasteiger partial charge in [-0.2, -0.15) is 5.10 Å². The van der Waals surface area contributed by atoms with Crippen molar-refractivity contribution in [3.63, 3.8) is 0 Å². The molecule has 2 aromatic rings. The predicted molar refractivity (Wildman–Crippen MR) is 84.3 cm³/mol. The second-order valence-electron chi connectivity index (χ2n) is 6.17. The molecule has 1 aliphatic rings. The minimum absolute atomic E-state index is 0.168. The molecule has 2 N–H and O–H groups in total. The van der Waals surface area contributed by atoms with E-state index in [1.165, 1.54) is 11.1 Å². The smallest absolute Gasteiger partial charge is 0.100 e. The first-order valence-corrected chi connectivity index (χ1v) is 7.78. The molecule has 22 heavy (non-hydrogen) atoms. The molecule has 0 bridgehead atoms. The molecule has 0 amide bonds. The summed E-state index contributed by atoms with van der Waals surface area (Å²) in [7, 11) is 0. The predicted octanol–water partition coefficient (Wildman–Crippen LogP) is 1.25. The van der Waals surface area contributed by atoms with E-state index in [9.17, 15) is 10.2 Å². The van der Waals surface area contributed by atoms with Crippen LogP contribution >= 0.6 is 0 Å². The normalized spacial score (nSPS) is 22.8. The molecular weight excluding hydrogens is 278 g/mol. The average Bonchev–Trinajstić information content (AvgIpc) is 3.02. The van der Waals surface area contributed by atoms with Crippen LogP contribution in [0.1, 0.15) is 24.0 Å². The zero-order valence-electron chi connectivity index (χ0n) is 12.7. The lowest BCUT2D eigenvalue weighted by molar-refractivity contribution is -0.0687. The summed E-state index contributed by atoms with van der Waals surface area (Å²) < 4.78 is 1.92. The summed E-state index contributed by atoms with van der Waals surface area (Å²) in [5.74, 6) is 0. The van der Waals surface area contributed by atoms with E-state index < -0.39 is 5.60 Å². The van der Waals surface area contributed by atoms with Gasteiger partial charge < -0.3 is 10.2 Å². The van der Waals surface area contributed by atoms with Gasteiger partial charge >= 0.3 is 0 Å². The first-order chi connectivity index (χ1) is 10.7. The van der Waals surface area contributed by atoms with Crippen LogP contribution in [0.3, 0.4) is 0 Å². The second-order valence-corrected chi connectivity index (χ2v) is 6.17. The van der Waals surface area contributed by atoms with Gasteiger partial charge in [0.05, 0.1) is 13.2 Å². The SMILES string of the molecule is OC[C@]1(O)CCCN(Cc2ccccc2Cn2cccn2)C1. The Hall–Kier alpha value is -1.69. The molecule has 1 aromatic carbocycles. The van der Waals surface area contributed by atoms with Crippen LogP contribution in [0.25, 0.3) is 0 Å². The molecule has 118 valence electrons. The third kappa shape index (κ3) is 3.55. The molecule has 1 aromatic heterocycles. The third-order valence-electron chi connectivity index (χ3n) is 4.33. The number of aliphatic hydroxyl groups is 2. The molecule has 1 aliphatic heterocycles. The maximum absolute atomic E-state index is 10.3. The molecule has 1 saturated heterocycles. The Morgan fingerprint density at radius 1 is 1.14 bits per heavy atom. The van der Waals surface area contributed by atoms with E-state index in [-0.39, 0.29) is 6.61 Å². The van der Waals surface area contributed by atoms with Crippen molar-refractivity contribution >= 4 is 0 Å². The van der Waals surface area contributed by atoms with Gasteiger partial charge in [0.2, 0.25) is 0 Å². The lowest BCUT2D eigenvalue weighted by atomic mass is 9.93. The van der Waals surface area contributed by atoms with Crippen molar-refractivity contribution in [2.24, 2.45) is 0 Å². The monoisotopic (exact) mass is 301 g/mol. The number of β-amino-alcohol motifs (C(OH)–C–C–N with tert-alkyl or cyclic N) is 1. The fraction of sp³-hybridized carbons (Fsp3) is 0.471. The number of nitrogens with zero attached hydrogens (tertiary/aromatic N) is 3. The van der Waals surface area contributed by atoms with Crippen molar-refractivity contribution in [3.8, 4) is 0 Å². The maximum atomic E-state index is 10.3. The van der Waals surface area contributed by atoms with E-state index in [1.54, 1.807) is 6.20 Å². The van der Waals surface area contributed by atoms with Gasteiger partial charge in [-0.3, -0.25) is 9.58 Å². The Labute approximate surface area is 130 Å². The summed E-state index contributed by atoms with van der Waals surface area (Å²) in [6.07, 6.45) is 5.34. The Bertz CT molecular complexity index is 600. The molecule has 0 radical (unpaired) electrons. The molecule has 0 aliphatic carbocycles. The largest absolute Gasteiger partial charge is 0.393 e. The maximum Gasteiger partial charge on any atom is 0.100 e. The van der Waals surface area contributed by atoms with Crippen LogP contribution in [0.2, 0.25) is 0 Å². The summed E-state index contributed by atoms with van der Waals surface area (Å²) in [4.78, 5) is 2.22. The molecule has 2 heterocycles. The van der Waals surface area contributed by atoms with Gasteiger partial charge in [-0.15, -0.1) is 0 Å². The summed E-state index contributed by atoms with van der Waals surface area (Å²) in [5, 5.41) is 23.9. The summed E-state index contributed by atoms with van der Waals surface area (Å²) in [5.41, 5.74) is 1.54. The number of aromatic nitrogens is 2. The van der Waals surface area contributed by atoms with Crippen molar-refractivity contribution < 1.29 is 10.2 Å². The minimum Gasteiger partial charge on any atom is -0.393 e. The molecule has 1 atom stereocenters. The van der Waals surface area contributed by atoms with Gasteiger partial charge in [0.1, 0.15) is 5.60 Å². The highest BCUT2D eigenvalue weighted by Crippen LogP contribution is 2.23. The zero-order valence-corrected chi connectivity index (χ0v) is 12.7. The summed E-state index contributed by atoms with van der Waals surface area (Å²) >= 11 is 0. The van der Waals surface area contributed by atoms with Crippen LogP contribution in [-0.4, -0.2) is 50.2 Å². The van der Waals surface area contributed by atoms with E-state index in [4.69, 9.17) is 0 Å². The minimum atomic E-state index is -0.949. The summed E-state index contributed by atoms with van der Waals surface area (Å²) in [6.45, 7) is 2.86. The third-order valence-corrected chi connectivity index (χ3v) is 4.33. The number of aliphatic hydroxyl groups excluding tert-OH is 1. The van der Waals surface area contributed by atoms with Crippen LogP contribution in [0, 0.1) is 0 Å². The Morgan fingerprint density at radius 2 is 1.91 bits per heavy atom. The molecule has 1 fully saturated rings. The highest BCUT2D eigenvalue weighted by molar-refractivity contribution is 5.27. The van der Waals surface area contributed by atoms with Gasteiger partial charge in [-0.05, 0) is 36.6 Å². The van der Waals surface area contributed by atoms with Crippen molar-refractivity contribution in [2.75, 3.05) is 19.7 Å². The Kier molecular flexibility index (Phi) is 4.57. The van der Waals surface area contributed by atoms with Crippen molar-refractivity contribution in [1.82, 2.24) is 14.7 Å². The molecule has 3 rings (SSSR count). The van der Waals surface area contributed by atoms with Gasteiger partial charge in [0.15, 0.2) is 0 Å². The van der Waals surface area contributed by atoms with Crippen molar-refractivity contribution in [2.45, 2.75) is 31.5 Å². The average molecular weight is 301 g/mol. The van der Waals surface area contributed by atoms with Gasteiger partial charge in [-0.25, -0.2) is 0 Å². The van der Waals surface area contributed by atoms with E-state index in [2.05, 4.69) is 22.1 Å². The zero-order chi connectivity index (χ0) is 15.4. The Morgan fingerprint density at radius 3 is 2.59 bits per heavy atom. The number of piperidine rings is 1. The number of likely N-dealkylation sites (tertiary alicyclic amines) is 1. The number of hydrogen-bond acceptors (Lipinski definition) is 4. The highest BCUT2D eigenvalue weighted by atomic mass is 16.3. The standard InChI is InChI=1S/C17H23N3O2/c21-14-17(22)7-3-9-19(13-17)11-15-5-1-2-6-16(15)12-20-10-4-8-18-20/h1-2,4-6,8,10,21-22H,3,7,9,11-14H2/t17-/m0/s1. The topological polar surface area (TPSA) is 61.5 Å². The lowest BCUT2D eigenvalue weighted by Gasteiger charge is -2.38. The number of benzene rings is 1. The van der Waals surface area contributed by atoms with Crippen molar-refractivity contribution in [3.05, 3.63) is 53.9 Å². The fourth-order valence-electron chi connectivity index (χ4n) is 3.15. The molecule has 0 spiro atoms. The second kappa shape index (κ2) is 6.60. The van der Waals surface area contributed by atoms with Crippen LogP contribution in [-0.2, 0) is 13.1 Å². The summed E-state index contributed by atoms with van der Waals surface area (Å²) in [6, 6.07) is 10.3. The first kappa shape index (κ1) is 15.2. The Balaban J connectivity index is 1.72. The van der Waals surface area contributed by atoms with E-state index >= 15 is 0 Å². The van der Waals surface area contributed by atoms with Crippen LogP contribution in [0.5, 0.6) is 0 Å². The van der Waals surface area contributed by atoms with E-state index in [0.29, 0.717) is 13.0 Å². The number of hydrogen-bond donors (Lipinski definition) is 2. The quantitative estimate of drug-likeness (QED) is 0.872. The molecule has 0 unspecified atom stereocenters. The van der Waals surface area contributed by atoms with Crippen LogP contribution < -0.4 is 0 Å². The van der Waals surface area contributed by atoms with Crippen LogP contribution in [0.15, 0.2) is 42.7 Å². The van der Waals surface area contributed by atoms with Gasteiger partial charge in [0.25, 0.3) is 0 Å². The highest BCUT2D eigenvalue weighted by Gasteiger charge is 2.32. The number of rotatable bonds is 5. The van der Waals surface area contributed by atoms with Crippen molar-refractivity contribution in [1.29, 1.82) is 0 Å². The van der Waals surface area contributed by atoms with E-state index in [0.717, 1.165) is 26.1 Å². The van der Waals surface area contributed by atoms with Crippen LogP contribution in [0.4, 0.5) is 0 Å². The molecule has 5 heteroatoms. The molecular formula is C17H23N3O2. The fourth-order valence-corrected chi connectivity index (χ4v) is 3.15. The van der Waals surface area contributed by atoms with Gasteiger partial charge in [0, 0.05) is 25.5 Å². The molecule has 5 nitrogen and oxygen atoms in total. The van der Waals surface area contributed by atoms with E-state index in [1.807, 2.05) is 29.1 Å². The molecule has 0 saturated carbocycles. The first-order valence-electron chi connectivity index (χ1n) is 7.78.